The van der Waals surface area contributed by atoms with Gasteiger partial charge in [0.2, 0.25) is 0 Å². The van der Waals surface area contributed by atoms with E-state index >= 15 is 0 Å². The number of hydrogen-bond donors (Lipinski definition) is 3. The molecule has 214 valence electrons. The number of morpholine rings is 2. The third-order valence-corrected chi connectivity index (χ3v) is 7.16. The Kier molecular flexibility index (Phi) is 9.83. The second-order valence-corrected chi connectivity index (χ2v) is 10.3. The summed E-state index contributed by atoms with van der Waals surface area (Å²) in [5.74, 6) is -0.0883. The van der Waals surface area contributed by atoms with E-state index in [9.17, 15) is 24.9 Å². The van der Waals surface area contributed by atoms with E-state index in [1.807, 2.05) is 38.1 Å². The lowest BCUT2D eigenvalue weighted by molar-refractivity contribution is -0.137. The Morgan fingerprint density at radius 2 is 1.95 bits per heavy atom. The van der Waals surface area contributed by atoms with Crippen molar-refractivity contribution in [3.05, 3.63) is 47.9 Å². The molecule has 12 nitrogen and oxygen atoms in total. The number of furan rings is 1. The number of carbonyl (C=O) groups excluding carboxylic acids is 2. The van der Waals surface area contributed by atoms with Gasteiger partial charge in [-0.1, -0.05) is 24.3 Å². The number of fused-ring (bicyclic) bond motifs is 1. The molecule has 13 heteroatoms. The first-order chi connectivity index (χ1) is 19.2. The monoisotopic (exact) mass is 554 g/mol. The van der Waals surface area contributed by atoms with Crippen LogP contribution in [-0.4, -0.2) is 103 Å². The van der Waals surface area contributed by atoms with Gasteiger partial charge in [0.25, 0.3) is 5.91 Å². The Labute approximate surface area is 233 Å². The SMILES string of the molecule is CC(C)(C=C(C#N)C(=O)N1CCOC[C@@H]1COC(=O)NC(CB(O)O)c1occ2ccccc12)N1CCOCC1. The summed E-state index contributed by atoms with van der Waals surface area (Å²) in [4.78, 5) is 29.9. The molecule has 40 heavy (non-hydrogen) atoms. The highest BCUT2D eigenvalue weighted by molar-refractivity contribution is 6.41. The first-order valence-corrected chi connectivity index (χ1v) is 13.3. The third kappa shape index (κ3) is 7.21. The number of alkyl carbamates (subject to hydrolysis) is 1. The molecule has 0 saturated carbocycles. The van der Waals surface area contributed by atoms with Crippen molar-refractivity contribution in [1.82, 2.24) is 15.1 Å². The Balaban J connectivity index is 1.42. The van der Waals surface area contributed by atoms with Crippen LogP contribution in [0.2, 0.25) is 6.32 Å². The van der Waals surface area contributed by atoms with Crippen LogP contribution in [0.25, 0.3) is 10.8 Å². The lowest BCUT2D eigenvalue weighted by atomic mass is 9.80. The van der Waals surface area contributed by atoms with E-state index in [1.54, 1.807) is 12.1 Å². The van der Waals surface area contributed by atoms with Gasteiger partial charge >= 0.3 is 13.2 Å². The Morgan fingerprint density at radius 1 is 1.23 bits per heavy atom. The molecular formula is C27H35BN4O8. The van der Waals surface area contributed by atoms with Gasteiger partial charge in [-0.3, -0.25) is 9.69 Å². The average molecular weight is 554 g/mol. The van der Waals surface area contributed by atoms with Gasteiger partial charge in [0.15, 0.2) is 0 Å². The maximum Gasteiger partial charge on any atom is 0.454 e. The van der Waals surface area contributed by atoms with Crippen LogP contribution in [-0.2, 0) is 19.0 Å². The zero-order chi connectivity index (χ0) is 28.7. The number of rotatable bonds is 9. The van der Waals surface area contributed by atoms with Crippen LogP contribution in [0.15, 0.2) is 46.6 Å². The molecule has 4 rings (SSSR count). The minimum Gasteiger partial charge on any atom is -0.466 e. The Hall–Kier alpha value is -3.41. The number of amides is 2. The number of benzene rings is 1. The van der Waals surface area contributed by atoms with Crippen molar-refractivity contribution in [2.75, 3.05) is 52.7 Å². The minimum atomic E-state index is -1.70. The molecule has 1 aromatic carbocycles. The molecule has 1 aromatic heterocycles. The van der Waals surface area contributed by atoms with E-state index in [-0.39, 0.29) is 31.7 Å². The number of nitrogens with zero attached hydrogens (tertiary/aromatic N) is 3. The van der Waals surface area contributed by atoms with Crippen molar-refractivity contribution in [2.45, 2.75) is 37.8 Å². The topological polar surface area (TPSA) is 158 Å². The molecule has 3 heterocycles. The van der Waals surface area contributed by atoms with Gasteiger partial charge in [0.1, 0.15) is 24.0 Å². The number of nitrogens with one attached hydrogen (secondary N) is 1. The highest BCUT2D eigenvalue weighted by Crippen LogP contribution is 2.29. The van der Waals surface area contributed by atoms with E-state index in [1.165, 1.54) is 11.2 Å². The standard InChI is InChI=1S/C27H35BN4O8/c1-27(2,31-7-10-37-11-8-31)13-20(15-29)25(33)32-9-12-38-17-21(32)18-40-26(34)30-23(14-28(35)36)24-22-6-4-3-5-19(22)16-39-24/h3-6,13,16,21,23,35-36H,7-12,14,17-18H2,1-2H3,(H,30,34)/t21-,23?/m1/s1. The fourth-order valence-corrected chi connectivity index (χ4v) is 5.02. The van der Waals surface area contributed by atoms with Crippen molar-refractivity contribution >= 4 is 29.9 Å². The van der Waals surface area contributed by atoms with Crippen molar-refractivity contribution < 1.29 is 38.3 Å². The van der Waals surface area contributed by atoms with E-state index in [4.69, 9.17) is 18.6 Å². The van der Waals surface area contributed by atoms with Crippen LogP contribution in [0, 0.1) is 11.3 Å². The molecule has 2 aliphatic rings. The molecule has 2 amide bonds. The van der Waals surface area contributed by atoms with Crippen LogP contribution in [0.1, 0.15) is 25.6 Å². The van der Waals surface area contributed by atoms with Crippen LogP contribution < -0.4 is 5.32 Å². The second kappa shape index (κ2) is 13.3. The predicted molar refractivity (Wildman–Crippen MR) is 145 cm³/mol. The maximum atomic E-state index is 13.4. The smallest absolute Gasteiger partial charge is 0.454 e. The fraction of sp³-hybridized carbons (Fsp3) is 0.519. The highest BCUT2D eigenvalue weighted by atomic mass is 16.6. The second-order valence-electron chi connectivity index (χ2n) is 10.3. The molecule has 1 unspecified atom stereocenters. The van der Waals surface area contributed by atoms with E-state index in [0.717, 1.165) is 10.8 Å². The lowest BCUT2D eigenvalue weighted by Gasteiger charge is -2.39. The zero-order valence-corrected chi connectivity index (χ0v) is 22.7. The summed E-state index contributed by atoms with van der Waals surface area (Å²) in [6.45, 7) is 6.96. The summed E-state index contributed by atoms with van der Waals surface area (Å²) >= 11 is 0. The molecular weight excluding hydrogens is 519 g/mol. The van der Waals surface area contributed by atoms with E-state index in [2.05, 4.69) is 10.2 Å². The Bertz CT molecular complexity index is 1250. The van der Waals surface area contributed by atoms with E-state index < -0.39 is 36.7 Å². The van der Waals surface area contributed by atoms with E-state index in [0.29, 0.717) is 38.7 Å². The molecule has 0 aliphatic carbocycles. The van der Waals surface area contributed by atoms with Crippen LogP contribution in [0.5, 0.6) is 0 Å². The van der Waals surface area contributed by atoms with Crippen molar-refractivity contribution in [3.8, 4) is 6.07 Å². The summed E-state index contributed by atoms with van der Waals surface area (Å²) in [7, 11) is -1.70. The summed E-state index contributed by atoms with van der Waals surface area (Å²) in [5.41, 5.74) is -0.528. The van der Waals surface area contributed by atoms with Gasteiger partial charge in [0, 0.05) is 42.3 Å². The predicted octanol–water partition coefficient (Wildman–Crippen LogP) is 1.46. The molecule has 2 aliphatic heterocycles. The summed E-state index contributed by atoms with van der Waals surface area (Å²) < 4.78 is 22.0. The quantitative estimate of drug-likeness (QED) is 0.236. The number of ether oxygens (including phenoxy) is 3. The third-order valence-electron chi connectivity index (χ3n) is 7.16. The average Bonchev–Trinajstić information content (AvgIpc) is 3.39. The van der Waals surface area contributed by atoms with Gasteiger partial charge in [-0.25, -0.2) is 4.79 Å². The first-order valence-electron chi connectivity index (χ1n) is 13.3. The minimum absolute atomic E-state index is 0.00883. The zero-order valence-electron chi connectivity index (χ0n) is 22.7. The summed E-state index contributed by atoms with van der Waals surface area (Å²) in [5, 5.41) is 33.2. The van der Waals surface area contributed by atoms with Crippen molar-refractivity contribution in [1.29, 1.82) is 5.26 Å². The summed E-state index contributed by atoms with van der Waals surface area (Å²) in [6, 6.07) is 7.87. The van der Waals surface area contributed by atoms with Crippen LogP contribution in [0.4, 0.5) is 4.79 Å². The van der Waals surface area contributed by atoms with Gasteiger partial charge in [-0.15, -0.1) is 0 Å². The number of carbonyl (C=O) groups is 2. The van der Waals surface area contributed by atoms with Crippen LogP contribution >= 0.6 is 0 Å². The van der Waals surface area contributed by atoms with Gasteiger partial charge in [0.05, 0.1) is 44.8 Å². The maximum absolute atomic E-state index is 13.4. The molecule has 0 bridgehead atoms. The highest BCUT2D eigenvalue weighted by Gasteiger charge is 2.34. The molecule has 2 atom stereocenters. The molecule has 0 spiro atoms. The van der Waals surface area contributed by atoms with Crippen LogP contribution in [0.3, 0.4) is 0 Å². The first kappa shape index (κ1) is 29.6. The fourth-order valence-electron chi connectivity index (χ4n) is 5.02. The molecule has 0 radical (unpaired) electrons. The Morgan fingerprint density at radius 3 is 2.67 bits per heavy atom. The molecule has 2 saturated heterocycles. The normalized spacial score (nSPS) is 19.6. The molecule has 2 aromatic rings. The van der Waals surface area contributed by atoms with Gasteiger partial charge in [-0.2, -0.15) is 5.26 Å². The lowest BCUT2D eigenvalue weighted by Crippen LogP contribution is -2.52. The molecule has 2 fully saturated rings. The van der Waals surface area contributed by atoms with Gasteiger partial charge < -0.3 is 38.9 Å². The van der Waals surface area contributed by atoms with Crippen molar-refractivity contribution in [2.24, 2.45) is 0 Å². The number of hydrogen-bond acceptors (Lipinski definition) is 10. The largest absolute Gasteiger partial charge is 0.466 e. The van der Waals surface area contributed by atoms with Crippen molar-refractivity contribution in [3.63, 3.8) is 0 Å². The number of nitriles is 1. The summed E-state index contributed by atoms with van der Waals surface area (Å²) in [6.07, 6.45) is 2.16. The van der Waals surface area contributed by atoms with Gasteiger partial charge in [-0.05, 0) is 19.9 Å². The molecule has 3 N–H and O–H groups in total.